The fourth-order valence-electron chi connectivity index (χ4n) is 2.89. The molecule has 1 saturated heterocycles. The minimum absolute atomic E-state index is 0.0149. The van der Waals surface area contributed by atoms with E-state index in [4.69, 9.17) is 4.74 Å². The summed E-state index contributed by atoms with van der Waals surface area (Å²) in [6.07, 6.45) is 4.47. The number of nitrogens with zero attached hydrogens (tertiary/aromatic N) is 1. The largest absolute Gasteiger partial charge is 0.376 e. The van der Waals surface area contributed by atoms with Crippen LogP contribution < -0.4 is 5.56 Å². The van der Waals surface area contributed by atoms with Gasteiger partial charge in [-0.05, 0) is 31.7 Å². The smallest absolute Gasteiger partial charge is 0.250 e. The number of carbonyl (C=O) groups is 1. The average Bonchev–Trinajstić information content (AvgIpc) is 2.86. The van der Waals surface area contributed by atoms with Crippen molar-refractivity contribution in [1.29, 1.82) is 0 Å². The molecule has 1 atom stereocenters. The van der Waals surface area contributed by atoms with E-state index in [0.717, 1.165) is 43.5 Å². The second-order valence-corrected chi connectivity index (χ2v) is 5.05. The third-order valence-corrected chi connectivity index (χ3v) is 3.82. The molecule has 0 saturated carbocycles. The highest BCUT2D eigenvalue weighted by molar-refractivity contribution is 5.97. The lowest BCUT2D eigenvalue weighted by molar-refractivity contribution is 0.0926. The Morgan fingerprint density at radius 3 is 2.89 bits per heavy atom. The molecule has 0 radical (unpaired) electrons. The molecule has 1 aliphatic carbocycles. The van der Waals surface area contributed by atoms with Crippen LogP contribution in [0.1, 0.15) is 41.7 Å². The topological polar surface area (TPSA) is 48.3 Å². The summed E-state index contributed by atoms with van der Waals surface area (Å²) in [6.45, 7) is 1.38. The lowest BCUT2D eigenvalue weighted by Crippen LogP contribution is -2.31. The summed E-state index contributed by atoms with van der Waals surface area (Å²) in [5.74, 6) is 0.164. The number of fused-ring (bicyclic) bond motifs is 1. The summed E-state index contributed by atoms with van der Waals surface area (Å²) >= 11 is 0. The molecule has 3 rings (SSSR count). The van der Waals surface area contributed by atoms with Crippen LogP contribution in [0, 0.1) is 0 Å². The summed E-state index contributed by atoms with van der Waals surface area (Å²) in [5.41, 5.74) is 1.63. The normalized spacial score (nSPS) is 23.1. The summed E-state index contributed by atoms with van der Waals surface area (Å²) in [7, 11) is 0. The van der Waals surface area contributed by atoms with Gasteiger partial charge in [0, 0.05) is 30.4 Å². The number of hydrogen-bond acceptors (Lipinski definition) is 3. The molecule has 0 spiro atoms. The first-order valence-corrected chi connectivity index (χ1v) is 6.63. The molecule has 2 heterocycles. The molecule has 18 heavy (non-hydrogen) atoms. The maximum atomic E-state index is 12.0. The predicted octanol–water partition coefficient (Wildman–Crippen LogP) is 1.55. The van der Waals surface area contributed by atoms with Crippen LogP contribution in [0.25, 0.3) is 0 Å². The molecule has 1 aliphatic heterocycles. The van der Waals surface area contributed by atoms with Crippen LogP contribution in [0.2, 0.25) is 0 Å². The van der Waals surface area contributed by atoms with E-state index in [1.54, 1.807) is 10.6 Å². The molecule has 4 nitrogen and oxygen atoms in total. The minimum atomic E-state index is -0.0149. The Kier molecular flexibility index (Phi) is 3.04. The highest BCUT2D eigenvalue weighted by Crippen LogP contribution is 2.21. The maximum Gasteiger partial charge on any atom is 0.250 e. The third kappa shape index (κ3) is 2.01. The number of hydrogen-bond donors (Lipinski definition) is 0. The summed E-state index contributed by atoms with van der Waals surface area (Å²) in [5, 5.41) is 0. The Balaban J connectivity index is 1.99. The zero-order valence-electron chi connectivity index (χ0n) is 10.4. The number of pyridine rings is 1. The van der Waals surface area contributed by atoms with Gasteiger partial charge in [0.1, 0.15) is 0 Å². The van der Waals surface area contributed by atoms with E-state index >= 15 is 0 Å². The van der Waals surface area contributed by atoms with Crippen molar-refractivity contribution in [3.05, 3.63) is 33.7 Å². The van der Waals surface area contributed by atoms with Gasteiger partial charge in [0.15, 0.2) is 5.78 Å². The van der Waals surface area contributed by atoms with Gasteiger partial charge in [-0.2, -0.15) is 0 Å². The van der Waals surface area contributed by atoms with E-state index in [1.165, 1.54) is 6.07 Å². The van der Waals surface area contributed by atoms with Crippen molar-refractivity contribution < 1.29 is 9.53 Å². The Morgan fingerprint density at radius 2 is 2.11 bits per heavy atom. The molecule has 1 aromatic heterocycles. The molecule has 4 heteroatoms. The second kappa shape index (κ2) is 4.69. The highest BCUT2D eigenvalue weighted by atomic mass is 16.5. The van der Waals surface area contributed by atoms with Crippen LogP contribution in [0.5, 0.6) is 0 Å². The average molecular weight is 247 g/mol. The number of ether oxygens (including phenoxy) is 1. The van der Waals surface area contributed by atoms with Gasteiger partial charge in [-0.15, -0.1) is 0 Å². The Bertz CT molecular complexity index is 526. The van der Waals surface area contributed by atoms with E-state index in [9.17, 15) is 9.59 Å². The van der Waals surface area contributed by atoms with Crippen LogP contribution in [-0.2, 0) is 17.7 Å². The molecular formula is C14H17NO3. The molecule has 1 fully saturated rings. The molecule has 0 N–H and O–H groups in total. The quantitative estimate of drug-likeness (QED) is 0.796. The molecule has 1 aromatic rings. The van der Waals surface area contributed by atoms with Crippen LogP contribution in [0.15, 0.2) is 16.9 Å². The Labute approximate surface area is 106 Å². The number of carbonyl (C=O) groups excluding carboxylic acids is 1. The lowest BCUT2D eigenvalue weighted by Gasteiger charge is -2.21. The highest BCUT2D eigenvalue weighted by Gasteiger charge is 2.23. The van der Waals surface area contributed by atoms with Crippen LogP contribution in [0.3, 0.4) is 0 Å². The molecule has 0 bridgehead atoms. The van der Waals surface area contributed by atoms with Crippen molar-refractivity contribution in [2.75, 3.05) is 6.61 Å². The molecule has 0 amide bonds. The van der Waals surface area contributed by atoms with Crippen molar-refractivity contribution in [1.82, 2.24) is 4.57 Å². The van der Waals surface area contributed by atoms with Gasteiger partial charge in [-0.3, -0.25) is 9.59 Å². The first-order valence-electron chi connectivity index (χ1n) is 6.63. The van der Waals surface area contributed by atoms with E-state index in [0.29, 0.717) is 13.0 Å². The van der Waals surface area contributed by atoms with Gasteiger partial charge < -0.3 is 9.30 Å². The fraction of sp³-hybridized carbons (Fsp3) is 0.571. The second-order valence-electron chi connectivity index (χ2n) is 5.05. The maximum absolute atomic E-state index is 12.0. The van der Waals surface area contributed by atoms with Crippen molar-refractivity contribution in [3.8, 4) is 0 Å². The van der Waals surface area contributed by atoms with Gasteiger partial charge in [0.05, 0.1) is 12.6 Å². The molecule has 1 unspecified atom stereocenters. The van der Waals surface area contributed by atoms with Crippen LogP contribution >= 0.6 is 0 Å². The van der Waals surface area contributed by atoms with Gasteiger partial charge >= 0.3 is 0 Å². The first kappa shape index (κ1) is 11.7. The summed E-state index contributed by atoms with van der Waals surface area (Å²) in [6, 6.07) is 3.20. The molecular weight excluding hydrogens is 230 g/mol. The Hall–Kier alpha value is -1.42. The zero-order valence-corrected chi connectivity index (χ0v) is 10.4. The van der Waals surface area contributed by atoms with E-state index < -0.39 is 0 Å². The van der Waals surface area contributed by atoms with Gasteiger partial charge in [0.2, 0.25) is 0 Å². The number of aromatic nitrogens is 1. The predicted molar refractivity (Wildman–Crippen MR) is 66.9 cm³/mol. The monoisotopic (exact) mass is 247 g/mol. The first-order chi connectivity index (χ1) is 8.75. The van der Waals surface area contributed by atoms with Gasteiger partial charge in [-0.1, -0.05) is 0 Å². The number of rotatable bonds is 2. The number of Topliss-reactive ketones (excluding diaryl/α,β-unsaturated/α-hetero) is 1. The van der Waals surface area contributed by atoms with Gasteiger partial charge in [0.25, 0.3) is 5.56 Å². The van der Waals surface area contributed by atoms with Crippen molar-refractivity contribution in [2.45, 2.75) is 44.8 Å². The molecule has 2 aliphatic rings. The standard InChI is InChI=1S/C14H17NO3/c16-13-5-1-4-12-11(13)6-7-14(17)15(12)9-10-3-2-8-18-10/h6-7,10H,1-5,8-9H2. The fourth-order valence-corrected chi connectivity index (χ4v) is 2.89. The summed E-state index contributed by atoms with van der Waals surface area (Å²) < 4.78 is 7.34. The van der Waals surface area contributed by atoms with E-state index in [2.05, 4.69) is 0 Å². The van der Waals surface area contributed by atoms with Gasteiger partial charge in [-0.25, -0.2) is 0 Å². The van der Waals surface area contributed by atoms with E-state index in [1.807, 2.05) is 0 Å². The SMILES string of the molecule is O=C1CCCc2c1ccc(=O)n2CC1CCCO1. The van der Waals surface area contributed by atoms with Crippen molar-refractivity contribution in [3.63, 3.8) is 0 Å². The van der Waals surface area contributed by atoms with Crippen LogP contribution in [0.4, 0.5) is 0 Å². The summed E-state index contributed by atoms with van der Waals surface area (Å²) in [4.78, 5) is 23.8. The third-order valence-electron chi connectivity index (χ3n) is 3.82. The van der Waals surface area contributed by atoms with E-state index in [-0.39, 0.29) is 17.4 Å². The Morgan fingerprint density at radius 1 is 1.22 bits per heavy atom. The lowest BCUT2D eigenvalue weighted by atomic mass is 9.94. The number of ketones is 1. The van der Waals surface area contributed by atoms with Crippen LogP contribution in [-0.4, -0.2) is 23.1 Å². The zero-order chi connectivity index (χ0) is 12.5. The molecule has 96 valence electrons. The minimum Gasteiger partial charge on any atom is -0.376 e. The van der Waals surface area contributed by atoms with Crippen molar-refractivity contribution >= 4 is 5.78 Å². The molecule has 0 aromatic carbocycles. The van der Waals surface area contributed by atoms with Crippen molar-refractivity contribution in [2.24, 2.45) is 0 Å².